The van der Waals surface area contributed by atoms with Crippen LogP contribution in [0.4, 0.5) is 0 Å². The van der Waals surface area contributed by atoms with E-state index in [-0.39, 0.29) is 30.3 Å². The number of esters is 1. The Morgan fingerprint density at radius 3 is 2.62 bits per heavy atom. The first-order chi connectivity index (χ1) is 12.5. The van der Waals surface area contributed by atoms with Crippen molar-refractivity contribution in [1.29, 1.82) is 0 Å². The molecule has 2 N–H and O–H groups in total. The Labute approximate surface area is 156 Å². The molecule has 1 aliphatic rings. The molecule has 26 heavy (non-hydrogen) atoms. The number of hydrogen-bond donors (Lipinski definition) is 2. The van der Waals surface area contributed by atoms with Gasteiger partial charge in [0, 0.05) is 18.5 Å². The van der Waals surface area contributed by atoms with Gasteiger partial charge in [-0.2, -0.15) is 0 Å². The van der Waals surface area contributed by atoms with Crippen molar-refractivity contribution in [3.8, 4) is 0 Å². The van der Waals surface area contributed by atoms with Crippen LogP contribution in [0.1, 0.15) is 51.5 Å². The molecule has 1 saturated carbocycles. The van der Waals surface area contributed by atoms with E-state index in [1.54, 1.807) is 0 Å². The first-order valence-corrected chi connectivity index (χ1v) is 9.68. The third-order valence-corrected chi connectivity index (χ3v) is 5.26. The number of carbonyl (C=O) groups excluding carboxylic acids is 1. The minimum Gasteiger partial charge on any atom is -0.481 e. The average Bonchev–Trinajstić information content (AvgIpc) is 2.61. The van der Waals surface area contributed by atoms with Crippen molar-refractivity contribution in [3.05, 3.63) is 35.9 Å². The summed E-state index contributed by atoms with van der Waals surface area (Å²) in [5.74, 6) is -0.578. The molecule has 0 bridgehead atoms. The molecule has 0 radical (unpaired) electrons. The topological polar surface area (TPSA) is 75.6 Å². The van der Waals surface area contributed by atoms with Crippen LogP contribution in [-0.4, -0.2) is 35.7 Å². The van der Waals surface area contributed by atoms with Crippen LogP contribution in [0.25, 0.3) is 0 Å². The van der Waals surface area contributed by atoms with Gasteiger partial charge in [-0.25, -0.2) is 0 Å². The molecule has 0 spiro atoms. The van der Waals surface area contributed by atoms with Crippen molar-refractivity contribution in [2.45, 2.75) is 64.5 Å². The van der Waals surface area contributed by atoms with Crippen molar-refractivity contribution in [3.63, 3.8) is 0 Å². The Morgan fingerprint density at radius 1 is 1.27 bits per heavy atom. The number of benzene rings is 1. The summed E-state index contributed by atoms with van der Waals surface area (Å²) in [6.45, 7) is 4.38. The van der Waals surface area contributed by atoms with Crippen LogP contribution in [0.15, 0.2) is 30.3 Å². The standard InChI is InChI=1S/C21H31NO4/c1-3-26-21(25)19-11-9-17(13-15(19)2)22-18(10-12-20(23)24)14-16-7-5-4-6-8-16/h4-8,15,17-19,22H,3,9-14H2,1-2H3,(H,23,24). The Hall–Kier alpha value is -1.88. The number of carboxylic acid groups (broad SMARTS) is 1. The summed E-state index contributed by atoms with van der Waals surface area (Å²) in [5, 5.41) is 12.7. The highest BCUT2D eigenvalue weighted by molar-refractivity contribution is 5.72. The van der Waals surface area contributed by atoms with Gasteiger partial charge in [0.1, 0.15) is 0 Å². The molecule has 4 atom stereocenters. The van der Waals surface area contributed by atoms with E-state index in [0.717, 1.165) is 25.7 Å². The predicted octanol–water partition coefficient (Wildman–Crippen LogP) is 3.42. The Bertz CT molecular complexity index is 575. The van der Waals surface area contributed by atoms with Gasteiger partial charge in [-0.1, -0.05) is 37.3 Å². The molecule has 5 heteroatoms. The Kier molecular flexibility index (Phi) is 8.10. The van der Waals surface area contributed by atoms with Crippen molar-refractivity contribution >= 4 is 11.9 Å². The molecular weight excluding hydrogens is 330 g/mol. The Morgan fingerprint density at radius 2 is 2.00 bits per heavy atom. The normalized spacial score (nSPS) is 24.0. The molecule has 0 amide bonds. The van der Waals surface area contributed by atoms with Crippen LogP contribution in [0, 0.1) is 11.8 Å². The number of aliphatic carboxylic acids is 1. The maximum Gasteiger partial charge on any atom is 0.309 e. The van der Waals surface area contributed by atoms with Gasteiger partial charge in [-0.3, -0.25) is 9.59 Å². The summed E-state index contributed by atoms with van der Waals surface area (Å²) in [6.07, 6.45) is 4.26. The van der Waals surface area contributed by atoms with Crippen LogP contribution in [0.2, 0.25) is 0 Å². The number of carboxylic acids is 1. The molecular formula is C21H31NO4. The molecule has 5 nitrogen and oxygen atoms in total. The molecule has 1 aromatic carbocycles. The van der Waals surface area contributed by atoms with Crippen molar-refractivity contribution < 1.29 is 19.4 Å². The minimum atomic E-state index is -0.760. The van der Waals surface area contributed by atoms with E-state index >= 15 is 0 Å². The first-order valence-electron chi connectivity index (χ1n) is 9.68. The molecule has 144 valence electrons. The second-order valence-corrected chi connectivity index (χ2v) is 7.33. The zero-order chi connectivity index (χ0) is 18.9. The second kappa shape index (κ2) is 10.3. The number of nitrogens with one attached hydrogen (secondary N) is 1. The zero-order valence-electron chi connectivity index (χ0n) is 15.8. The fourth-order valence-electron chi connectivity index (χ4n) is 3.92. The SMILES string of the molecule is CCOC(=O)C1CCC(NC(CCC(=O)O)Cc2ccccc2)CC1C. The zero-order valence-corrected chi connectivity index (χ0v) is 15.8. The van der Waals surface area contributed by atoms with Crippen molar-refractivity contribution in [2.24, 2.45) is 11.8 Å². The number of carbonyl (C=O) groups is 2. The number of ether oxygens (including phenoxy) is 1. The van der Waals surface area contributed by atoms with E-state index < -0.39 is 5.97 Å². The van der Waals surface area contributed by atoms with Crippen LogP contribution >= 0.6 is 0 Å². The van der Waals surface area contributed by atoms with E-state index in [1.807, 2.05) is 25.1 Å². The lowest BCUT2D eigenvalue weighted by atomic mass is 9.77. The van der Waals surface area contributed by atoms with E-state index in [4.69, 9.17) is 9.84 Å². The van der Waals surface area contributed by atoms with Gasteiger partial charge in [0.15, 0.2) is 0 Å². The van der Waals surface area contributed by atoms with Gasteiger partial charge in [0.25, 0.3) is 0 Å². The lowest BCUT2D eigenvalue weighted by molar-refractivity contribution is -0.151. The van der Waals surface area contributed by atoms with Crippen molar-refractivity contribution in [1.82, 2.24) is 5.32 Å². The van der Waals surface area contributed by atoms with E-state index in [9.17, 15) is 9.59 Å². The van der Waals surface area contributed by atoms with E-state index in [1.165, 1.54) is 5.56 Å². The van der Waals surface area contributed by atoms with Gasteiger partial charge < -0.3 is 15.2 Å². The highest BCUT2D eigenvalue weighted by Gasteiger charge is 2.33. The summed E-state index contributed by atoms with van der Waals surface area (Å²) in [5.41, 5.74) is 1.21. The maximum atomic E-state index is 12.0. The largest absolute Gasteiger partial charge is 0.481 e. The second-order valence-electron chi connectivity index (χ2n) is 7.33. The molecule has 4 unspecified atom stereocenters. The van der Waals surface area contributed by atoms with Gasteiger partial charge in [0.05, 0.1) is 12.5 Å². The summed E-state index contributed by atoms with van der Waals surface area (Å²) in [6, 6.07) is 10.6. The minimum absolute atomic E-state index is 0.0143. The lowest BCUT2D eigenvalue weighted by Gasteiger charge is -2.35. The van der Waals surface area contributed by atoms with Crippen LogP contribution in [0.3, 0.4) is 0 Å². The lowest BCUT2D eigenvalue weighted by Crippen LogP contribution is -2.45. The highest BCUT2D eigenvalue weighted by atomic mass is 16.5. The van der Waals surface area contributed by atoms with Crippen LogP contribution in [-0.2, 0) is 20.7 Å². The monoisotopic (exact) mass is 361 g/mol. The summed E-state index contributed by atoms with van der Waals surface area (Å²) in [7, 11) is 0. The molecule has 0 aliphatic heterocycles. The third kappa shape index (κ3) is 6.45. The van der Waals surface area contributed by atoms with Gasteiger partial charge in [-0.15, -0.1) is 0 Å². The quantitative estimate of drug-likeness (QED) is 0.659. The van der Waals surface area contributed by atoms with Crippen LogP contribution < -0.4 is 5.32 Å². The summed E-state index contributed by atoms with van der Waals surface area (Å²) < 4.78 is 5.19. The number of rotatable bonds is 9. The highest BCUT2D eigenvalue weighted by Crippen LogP contribution is 2.31. The molecule has 1 aliphatic carbocycles. The molecule has 1 aromatic rings. The number of hydrogen-bond acceptors (Lipinski definition) is 4. The van der Waals surface area contributed by atoms with Gasteiger partial charge in [0.2, 0.25) is 0 Å². The van der Waals surface area contributed by atoms with Crippen molar-refractivity contribution in [2.75, 3.05) is 6.61 Å². The van der Waals surface area contributed by atoms with E-state index in [2.05, 4.69) is 24.4 Å². The van der Waals surface area contributed by atoms with Gasteiger partial charge >= 0.3 is 11.9 Å². The molecule has 2 rings (SSSR count). The summed E-state index contributed by atoms with van der Waals surface area (Å²) in [4.78, 5) is 23.0. The first kappa shape index (κ1) is 20.4. The molecule has 0 saturated heterocycles. The fourth-order valence-corrected chi connectivity index (χ4v) is 3.92. The maximum absolute atomic E-state index is 12.0. The smallest absolute Gasteiger partial charge is 0.309 e. The van der Waals surface area contributed by atoms with Crippen LogP contribution in [0.5, 0.6) is 0 Å². The van der Waals surface area contributed by atoms with E-state index in [0.29, 0.717) is 19.1 Å². The summed E-state index contributed by atoms with van der Waals surface area (Å²) >= 11 is 0. The predicted molar refractivity (Wildman–Crippen MR) is 101 cm³/mol. The molecule has 0 heterocycles. The molecule has 1 fully saturated rings. The average molecular weight is 361 g/mol. The Balaban J connectivity index is 1.93. The van der Waals surface area contributed by atoms with Gasteiger partial charge in [-0.05, 0) is 50.5 Å². The fraction of sp³-hybridized carbons (Fsp3) is 0.619. The third-order valence-electron chi connectivity index (χ3n) is 5.26. The molecule has 0 aromatic heterocycles.